The van der Waals surface area contributed by atoms with Gasteiger partial charge in [0.2, 0.25) is 5.91 Å². The highest BCUT2D eigenvalue weighted by Crippen LogP contribution is 2.25. The largest absolute Gasteiger partial charge is 0.457 e. The summed E-state index contributed by atoms with van der Waals surface area (Å²) in [4.78, 5) is 12.5. The molecular formula is C34H49F2NO9. The number of amides is 1. The quantitative estimate of drug-likeness (QED) is 0.117. The minimum Gasteiger partial charge on any atom is -0.457 e. The van der Waals surface area contributed by atoms with Crippen molar-refractivity contribution in [3.63, 3.8) is 0 Å². The Kier molecular flexibility index (Phi) is 16.3. The Morgan fingerprint density at radius 3 is 2.04 bits per heavy atom. The number of aliphatic hydroxyl groups is 5. The van der Waals surface area contributed by atoms with Crippen molar-refractivity contribution in [2.45, 2.75) is 120 Å². The summed E-state index contributed by atoms with van der Waals surface area (Å²) in [6.07, 6.45) is -1.85. The highest BCUT2D eigenvalue weighted by atomic mass is 19.1. The molecule has 0 aliphatic carbocycles. The zero-order valence-corrected chi connectivity index (χ0v) is 26.3. The van der Waals surface area contributed by atoms with Crippen molar-refractivity contribution in [2.24, 2.45) is 0 Å². The molecule has 3 rings (SSSR count). The molecule has 1 amide bonds. The second kappa shape index (κ2) is 19.8. The number of nitrogens with one attached hydrogen (secondary N) is 1. The lowest BCUT2D eigenvalue weighted by Gasteiger charge is -2.39. The van der Waals surface area contributed by atoms with E-state index in [4.69, 9.17) is 14.2 Å². The monoisotopic (exact) mass is 653 g/mol. The van der Waals surface area contributed by atoms with Crippen LogP contribution in [-0.2, 0) is 20.7 Å². The molecule has 0 spiro atoms. The van der Waals surface area contributed by atoms with Crippen LogP contribution in [0.4, 0.5) is 8.78 Å². The summed E-state index contributed by atoms with van der Waals surface area (Å²) >= 11 is 0. The van der Waals surface area contributed by atoms with E-state index in [-0.39, 0.29) is 18.1 Å². The number of unbranched alkanes of at least 4 members (excludes halogenated alkanes) is 7. The number of alkyl halides is 1. The molecule has 1 aliphatic rings. The van der Waals surface area contributed by atoms with E-state index in [0.29, 0.717) is 17.9 Å². The molecule has 0 saturated carbocycles. The van der Waals surface area contributed by atoms with Crippen LogP contribution in [0.5, 0.6) is 11.5 Å². The molecule has 46 heavy (non-hydrogen) atoms. The van der Waals surface area contributed by atoms with E-state index in [1.165, 1.54) is 24.6 Å². The molecule has 8 atom stereocenters. The van der Waals surface area contributed by atoms with Crippen LogP contribution in [0.2, 0.25) is 0 Å². The Bertz CT molecular complexity index is 1140. The van der Waals surface area contributed by atoms with Crippen LogP contribution < -0.4 is 10.1 Å². The Hall–Kier alpha value is -2.71. The zero-order chi connectivity index (χ0) is 33.5. The fourth-order valence-electron chi connectivity index (χ4n) is 5.26. The summed E-state index contributed by atoms with van der Waals surface area (Å²) in [5.41, 5.74) is 1.24. The first kappa shape index (κ1) is 37.7. The van der Waals surface area contributed by atoms with E-state index in [1.54, 1.807) is 12.1 Å². The lowest BCUT2D eigenvalue weighted by molar-refractivity contribution is -0.293. The van der Waals surface area contributed by atoms with E-state index in [1.807, 2.05) is 24.3 Å². The topological polar surface area (TPSA) is 158 Å². The molecule has 0 aromatic heterocycles. The molecule has 1 heterocycles. The van der Waals surface area contributed by atoms with Crippen LogP contribution in [0, 0.1) is 5.82 Å². The first-order valence-corrected chi connectivity index (χ1v) is 16.1. The average molecular weight is 654 g/mol. The molecule has 258 valence electrons. The molecule has 2 aromatic rings. The number of carbonyl (C=O) groups excluding carboxylic acids is 1. The van der Waals surface area contributed by atoms with Crippen LogP contribution in [0.15, 0.2) is 48.5 Å². The van der Waals surface area contributed by atoms with Crippen LogP contribution in [-0.4, -0.2) is 93.7 Å². The highest BCUT2D eigenvalue weighted by molar-refractivity contribution is 5.76. The summed E-state index contributed by atoms with van der Waals surface area (Å²) in [5, 5.41) is 52.1. The number of hydrogen-bond donors (Lipinski definition) is 6. The molecule has 2 aromatic carbocycles. The van der Waals surface area contributed by atoms with Crippen molar-refractivity contribution in [3.8, 4) is 11.5 Å². The number of carbonyl (C=O) groups is 1. The maximum atomic E-state index is 14.0. The predicted octanol–water partition coefficient (Wildman–Crippen LogP) is 3.69. The summed E-state index contributed by atoms with van der Waals surface area (Å²) in [6, 6.07) is 12.8. The van der Waals surface area contributed by atoms with Crippen LogP contribution in [0.3, 0.4) is 0 Å². The Morgan fingerprint density at radius 2 is 1.46 bits per heavy atom. The molecule has 0 radical (unpaired) electrons. The van der Waals surface area contributed by atoms with Crippen molar-refractivity contribution < 1.29 is 53.3 Å². The number of aliphatic hydroxyl groups excluding tert-OH is 5. The van der Waals surface area contributed by atoms with Crippen LogP contribution >= 0.6 is 0 Å². The van der Waals surface area contributed by atoms with Gasteiger partial charge in [-0.1, -0.05) is 50.7 Å². The number of ether oxygens (including phenoxy) is 3. The van der Waals surface area contributed by atoms with Crippen molar-refractivity contribution in [1.82, 2.24) is 5.32 Å². The number of rotatable bonds is 20. The smallest absolute Gasteiger partial charge is 0.220 e. The molecule has 1 fully saturated rings. The van der Waals surface area contributed by atoms with E-state index in [0.717, 1.165) is 51.4 Å². The SMILES string of the molecule is C[C@@H](O)[C@@H](O)[C@H](CO[C@H]1OC(CO)[C@@H](F)[C@H](O)C1O)NC(=O)CCCCCCCCCCc1ccc(Oc2ccc(F)cc2)cc1. The molecular weight excluding hydrogens is 604 g/mol. The van der Waals surface area contributed by atoms with Gasteiger partial charge in [-0.05, 0) is 68.1 Å². The number of halogens is 2. The lowest BCUT2D eigenvalue weighted by atomic mass is 10.0. The number of hydrogen-bond acceptors (Lipinski definition) is 9. The van der Waals surface area contributed by atoms with E-state index in [2.05, 4.69) is 5.32 Å². The maximum absolute atomic E-state index is 14.0. The number of benzene rings is 2. The fourth-order valence-corrected chi connectivity index (χ4v) is 5.26. The molecule has 1 aliphatic heterocycles. The number of aryl methyl sites for hydroxylation is 1. The average Bonchev–Trinajstić information content (AvgIpc) is 3.05. The molecule has 0 bridgehead atoms. The minimum atomic E-state index is -2.01. The van der Waals surface area contributed by atoms with E-state index in [9.17, 15) is 39.1 Å². The Balaban J connectivity index is 1.25. The first-order valence-electron chi connectivity index (χ1n) is 16.1. The van der Waals surface area contributed by atoms with Crippen molar-refractivity contribution in [2.75, 3.05) is 13.2 Å². The van der Waals surface area contributed by atoms with Gasteiger partial charge in [0.05, 0.1) is 25.4 Å². The van der Waals surface area contributed by atoms with Gasteiger partial charge in [0, 0.05) is 6.42 Å². The normalized spacial score (nSPS) is 23.4. The van der Waals surface area contributed by atoms with Crippen LogP contribution in [0.1, 0.15) is 70.3 Å². The third-order valence-corrected chi connectivity index (χ3v) is 8.08. The fraction of sp³-hybridized carbons (Fsp3) is 0.618. The van der Waals surface area contributed by atoms with E-state index < -0.39 is 62.2 Å². The summed E-state index contributed by atoms with van der Waals surface area (Å²) in [7, 11) is 0. The van der Waals surface area contributed by atoms with Gasteiger partial charge < -0.3 is 45.1 Å². The minimum absolute atomic E-state index is 0.216. The molecule has 1 saturated heterocycles. The Morgan fingerprint density at radius 1 is 0.891 bits per heavy atom. The Labute approximate surface area is 269 Å². The van der Waals surface area contributed by atoms with Gasteiger partial charge >= 0.3 is 0 Å². The summed E-state index contributed by atoms with van der Waals surface area (Å²) in [5.74, 6) is 0.659. The van der Waals surface area contributed by atoms with Gasteiger partial charge in [-0.2, -0.15) is 0 Å². The second-order valence-electron chi connectivity index (χ2n) is 11.9. The third kappa shape index (κ3) is 12.5. The second-order valence-corrected chi connectivity index (χ2v) is 11.9. The van der Waals surface area contributed by atoms with Gasteiger partial charge in [0.25, 0.3) is 0 Å². The van der Waals surface area contributed by atoms with Gasteiger partial charge in [0.1, 0.15) is 41.7 Å². The molecule has 12 heteroatoms. The highest BCUT2D eigenvalue weighted by Gasteiger charge is 2.45. The first-order chi connectivity index (χ1) is 22.1. The zero-order valence-electron chi connectivity index (χ0n) is 26.3. The summed E-state index contributed by atoms with van der Waals surface area (Å²) < 4.78 is 43.3. The third-order valence-electron chi connectivity index (χ3n) is 8.08. The van der Waals surface area contributed by atoms with Gasteiger partial charge in [-0.15, -0.1) is 0 Å². The molecule has 2 unspecified atom stereocenters. The predicted molar refractivity (Wildman–Crippen MR) is 166 cm³/mol. The lowest BCUT2D eigenvalue weighted by Crippen LogP contribution is -2.59. The standard InChI is InChI=1S/C34H49F2NO9/c1-22(39)31(41)27(21-44-34-33(43)32(42)30(36)28(20-38)46-34)37-29(40)11-9-7-5-3-2-4-6-8-10-23-12-16-25(17-13-23)45-26-18-14-24(35)15-19-26/h12-19,22,27-28,30-34,38-39,41-43H,2-11,20-21H2,1H3,(H,37,40)/t22-,27+,28?,30-,31-,32+,33?,34+/m1/s1. The van der Waals surface area contributed by atoms with Crippen molar-refractivity contribution in [1.29, 1.82) is 0 Å². The van der Waals surface area contributed by atoms with Gasteiger partial charge in [-0.25, -0.2) is 8.78 Å². The maximum Gasteiger partial charge on any atom is 0.220 e. The van der Waals surface area contributed by atoms with Crippen LogP contribution in [0.25, 0.3) is 0 Å². The van der Waals surface area contributed by atoms with Crippen molar-refractivity contribution in [3.05, 3.63) is 59.9 Å². The van der Waals surface area contributed by atoms with E-state index >= 15 is 0 Å². The summed E-state index contributed by atoms with van der Waals surface area (Å²) in [6.45, 7) is 0.217. The van der Waals surface area contributed by atoms with Crippen molar-refractivity contribution >= 4 is 5.91 Å². The molecule has 10 nitrogen and oxygen atoms in total. The molecule has 6 N–H and O–H groups in total. The van der Waals surface area contributed by atoms with Gasteiger partial charge in [-0.3, -0.25) is 4.79 Å². The van der Waals surface area contributed by atoms with Gasteiger partial charge in [0.15, 0.2) is 12.5 Å².